The molecule has 112 valence electrons. The zero-order chi connectivity index (χ0) is 14.8. The van der Waals surface area contributed by atoms with Crippen LogP contribution in [0, 0.1) is 5.41 Å². The van der Waals surface area contributed by atoms with Crippen LogP contribution in [0.4, 0.5) is 5.95 Å². The lowest BCUT2D eigenvalue weighted by atomic mass is 9.83. The fourth-order valence-electron chi connectivity index (χ4n) is 2.28. The van der Waals surface area contributed by atoms with E-state index >= 15 is 0 Å². The molecular formula is C16H28N4. The molecule has 1 aromatic rings. The molecule has 0 radical (unpaired) electrons. The first-order valence-corrected chi connectivity index (χ1v) is 7.56. The van der Waals surface area contributed by atoms with Gasteiger partial charge in [0.1, 0.15) is 0 Å². The third-order valence-electron chi connectivity index (χ3n) is 3.91. The lowest BCUT2D eigenvalue weighted by Gasteiger charge is -2.36. The maximum Gasteiger partial charge on any atom is 0.225 e. The molecule has 1 aliphatic rings. The van der Waals surface area contributed by atoms with Gasteiger partial charge in [-0.1, -0.05) is 13.8 Å². The van der Waals surface area contributed by atoms with Crippen LogP contribution in [0.2, 0.25) is 0 Å². The minimum Gasteiger partial charge on any atom is -0.341 e. The third kappa shape index (κ3) is 4.44. The normalized spacial score (nSPS) is 19.1. The van der Waals surface area contributed by atoms with Crippen molar-refractivity contribution in [2.24, 2.45) is 5.41 Å². The van der Waals surface area contributed by atoms with Crippen LogP contribution in [0.25, 0.3) is 0 Å². The van der Waals surface area contributed by atoms with Gasteiger partial charge >= 0.3 is 0 Å². The van der Waals surface area contributed by atoms with Crippen molar-refractivity contribution in [1.29, 1.82) is 0 Å². The van der Waals surface area contributed by atoms with Crippen LogP contribution in [0.15, 0.2) is 12.4 Å². The van der Waals surface area contributed by atoms with Crippen LogP contribution in [0.3, 0.4) is 0 Å². The van der Waals surface area contributed by atoms with Crippen LogP contribution in [0.1, 0.15) is 53.0 Å². The molecule has 4 nitrogen and oxygen atoms in total. The molecule has 0 atom stereocenters. The smallest absolute Gasteiger partial charge is 0.225 e. The Hall–Kier alpha value is -1.16. The molecule has 0 unspecified atom stereocenters. The SMILES string of the molecule is CC1(C)CCN(c2ncc(CNC(C)(C)C)cn2)CC1. The highest BCUT2D eigenvalue weighted by molar-refractivity contribution is 5.30. The van der Waals surface area contributed by atoms with Crippen LogP contribution >= 0.6 is 0 Å². The Bertz CT molecular complexity index is 421. The molecule has 0 aliphatic carbocycles. The third-order valence-corrected chi connectivity index (χ3v) is 3.91. The van der Waals surface area contributed by atoms with Crippen molar-refractivity contribution in [2.75, 3.05) is 18.0 Å². The van der Waals surface area contributed by atoms with Crippen molar-refractivity contribution in [3.63, 3.8) is 0 Å². The molecule has 1 N–H and O–H groups in total. The molecule has 1 aromatic heterocycles. The summed E-state index contributed by atoms with van der Waals surface area (Å²) in [5.41, 5.74) is 1.73. The van der Waals surface area contributed by atoms with Gasteiger partial charge in [-0.15, -0.1) is 0 Å². The van der Waals surface area contributed by atoms with E-state index in [1.165, 1.54) is 12.8 Å². The number of nitrogens with zero attached hydrogens (tertiary/aromatic N) is 3. The Morgan fingerprint density at radius 3 is 2.20 bits per heavy atom. The monoisotopic (exact) mass is 276 g/mol. The number of aromatic nitrogens is 2. The first-order chi connectivity index (χ1) is 9.25. The average Bonchev–Trinajstić information content (AvgIpc) is 2.36. The summed E-state index contributed by atoms with van der Waals surface area (Å²) in [5, 5.41) is 3.45. The summed E-state index contributed by atoms with van der Waals surface area (Å²) < 4.78 is 0. The largest absolute Gasteiger partial charge is 0.341 e. The molecule has 20 heavy (non-hydrogen) atoms. The lowest BCUT2D eigenvalue weighted by molar-refractivity contribution is 0.278. The van der Waals surface area contributed by atoms with Crippen LogP contribution in [-0.4, -0.2) is 28.6 Å². The summed E-state index contributed by atoms with van der Waals surface area (Å²) in [6, 6.07) is 0. The van der Waals surface area contributed by atoms with Crippen molar-refractivity contribution in [3.8, 4) is 0 Å². The van der Waals surface area contributed by atoms with E-state index in [0.717, 1.165) is 31.1 Å². The van der Waals surface area contributed by atoms with E-state index in [2.05, 4.69) is 54.8 Å². The minimum atomic E-state index is 0.122. The molecule has 0 spiro atoms. The Morgan fingerprint density at radius 2 is 1.70 bits per heavy atom. The Morgan fingerprint density at radius 1 is 1.15 bits per heavy atom. The molecule has 2 rings (SSSR count). The summed E-state index contributed by atoms with van der Waals surface area (Å²) in [4.78, 5) is 11.3. The first kappa shape index (κ1) is 15.2. The predicted molar refractivity (Wildman–Crippen MR) is 83.9 cm³/mol. The lowest BCUT2D eigenvalue weighted by Crippen LogP contribution is -2.38. The topological polar surface area (TPSA) is 41.1 Å². The highest BCUT2D eigenvalue weighted by Gasteiger charge is 2.26. The maximum absolute atomic E-state index is 4.53. The van der Waals surface area contributed by atoms with E-state index < -0.39 is 0 Å². The fraction of sp³-hybridized carbons (Fsp3) is 0.750. The number of hydrogen-bond acceptors (Lipinski definition) is 4. The van der Waals surface area contributed by atoms with Gasteiger partial charge < -0.3 is 10.2 Å². The molecule has 2 heterocycles. The van der Waals surface area contributed by atoms with E-state index in [4.69, 9.17) is 0 Å². The van der Waals surface area contributed by atoms with Crippen molar-refractivity contribution in [1.82, 2.24) is 15.3 Å². The molecule has 1 saturated heterocycles. The van der Waals surface area contributed by atoms with E-state index in [1.807, 2.05) is 12.4 Å². The molecule has 4 heteroatoms. The van der Waals surface area contributed by atoms with Gasteiger partial charge in [-0.25, -0.2) is 9.97 Å². The molecule has 0 amide bonds. The van der Waals surface area contributed by atoms with E-state index in [9.17, 15) is 0 Å². The van der Waals surface area contributed by atoms with Gasteiger partial charge in [-0.05, 0) is 39.0 Å². The molecule has 0 bridgehead atoms. The Balaban J connectivity index is 1.92. The van der Waals surface area contributed by atoms with Gasteiger partial charge in [-0.3, -0.25) is 0 Å². The summed E-state index contributed by atoms with van der Waals surface area (Å²) in [7, 11) is 0. The quantitative estimate of drug-likeness (QED) is 0.921. The predicted octanol–water partition coefficient (Wildman–Crippen LogP) is 2.99. The molecule has 1 aliphatic heterocycles. The van der Waals surface area contributed by atoms with E-state index in [0.29, 0.717) is 5.41 Å². The van der Waals surface area contributed by atoms with Crippen molar-refractivity contribution in [2.45, 2.75) is 59.5 Å². The summed E-state index contributed by atoms with van der Waals surface area (Å²) in [5.74, 6) is 0.875. The average molecular weight is 276 g/mol. The highest BCUT2D eigenvalue weighted by atomic mass is 15.2. The van der Waals surface area contributed by atoms with Gasteiger partial charge in [-0.2, -0.15) is 0 Å². The molecule has 0 saturated carbocycles. The number of piperidine rings is 1. The second-order valence-electron chi connectivity index (χ2n) is 7.65. The standard InChI is InChI=1S/C16H28N4/c1-15(2,3)19-12-13-10-17-14(18-11-13)20-8-6-16(4,5)7-9-20/h10-11,19H,6-9,12H2,1-5H3. The number of nitrogens with one attached hydrogen (secondary N) is 1. The van der Waals surface area contributed by atoms with Gasteiger partial charge in [0.05, 0.1) is 0 Å². The van der Waals surface area contributed by atoms with E-state index in [1.54, 1.807) is 0 Å². The fourth-order valence-corrected chi connectivity index (χ4v) is 2.28. The zero-order valence-electron chi connectivity index (χ0n) is 13.5. The van der Waals surface area contributed by atoms with Crippen molar-refractivity contribution >= 4 is 5.95 Å². The van der Waals surface area contributed by atoms with Gasteiger partial charge in [0.25, 0.3) is 0 Å². The van der Waals surface area contributed by atoms with Crippen molar-refractivity contribution in [3.05, 3.63) is 18.0 Å². The molecular weight excluding hydrogens is 248 g/mol. The Kier molecular flexibility index (Phi) is 4.33. The van der Waals surface area contributed by atoms with Crippen molar-refractivity contribution < 1.29 is 0 Å². The zero-order valence-corrected chi connectivity index (χ0v) is 13.5. The number of rotatable bonds is 3. The highest BCUT2D eigenvalue weighted by Crippen LogP contribution is 2.30. The number of anilines is 1. The van der Waals surface area contributed by atoms with Gasteiger partial charge in [0, 0.05) is 43.1 Å². The molecule has 1 fully saturated rings. The first-order valence-electron chi connectivity index (χ1n) is 7.56. The maximum atomic E-state index is 4.53. The van der Waals surface area contributed by atoms with Crippen LogP contribution < -0.4 is 10.2 Å². The van der Waals surface area contributed by atoms with Gasteiger partial charge in [0.2, 0.25) is 5.95 Å². The Labute approximate surface area is 123 Å². The van der Waals surface area contributed by atoms with Crippen LogP contribution in [-0.2, 0) is 6.54 Å². The number of hydrogen-bond donors (Lipinski definition) is 1. The van der Waals surface area contributed by atoms with Gasteiger partial charge in [0.15, 0.2) is 0 Å². The minimum absolute atomic E-state index is 0.122. The second-order valence-corrected chi connectivity index (χ2v) is 7.65. The summed E-state index contributed by atoms with van der Waals surface area (Å²) >= 11 is 0. The van der Waals surface area contributed by atoms with E-state index in [-0.39, 0.29) is 5.54 Å². The summed E-state index contributed by atoms with van der Waals surface area (Å²) in [6.07, 6.45) is 6.31. The van der Waals surface area contributed by atoms with Crippen LogP contribution in [0.5, 0.6) is 0 Å². The summed E-state index contributed by atoms with van der Waals surface area (Å²) in [6.45, 7) is 14.1. The second kappa shape index (κ2) is 5.68. The molecule has 0 aromatic carbocycles.